The lowest BCUT2D eigenvalue weighted by atomic mass is 10.0. The van der Waals surface area contributed by atoms with Gasteiger partial charge in [-0.15, -0.1) is 0 Å². The van der Waals surface area contributed by atoms with Crippen LogP contribution in [0.3, 0.4) is 0 Å². The highest BCUT2D eigenvalue weighted by Gasteiger charge is 2.13. The van der Waals surface area contributed by atoms with E-state index in [-0.39, 0.29) is 11.7 Å². The van der Waals surface area contributed by atoms with Crippen LogP contribution < -0.4 is 5.32 Å². The number of aromatic carboxylic acids is 1. The highest BCUT2D eigenvalue weighted by atomic mass is 35.5. The fourth-order valence-electron chi connectivity index (χ4n) is 4.53. The summed E-state index contributed by atoms with van der Waals surface area (Å²) in [6.07, 6.45) is 5.17. The van der Waals surface area contributed by atoms with Gasteiger partial charge in [0.1, 0.15) is 5.82 Å². The Balaban J connectivity index is 1.36. The predicted molar refractivity (Wildman–Crippen MR) is 176 cm³/mol. The lowest BCUT2D eigenvalue weighted by Crippen LogP contribution is -2.17. The average molecular weight is 627 g/mol. The number of hydrogen-bond acceptors (Lipinski definition) is 4. The van der Waals surface area contributed by atoms with Gasteiger partial charge in [0.2, 0.25) is 0 Å². The minimum absolute atomic E-state index is 0.191. The van der Waals surface area contributed by atoms with E-state index in [1.54, 1.807) is 50.2 Å². The minimum Gasteiger partial charge on any atom is -0.478 e. The number of imidazole rings is 1. The summed E-state index contributed by atoms with van der Waals surface area (Å²) in [6.45, 7) is 4.08. The van der Waals surface area contributed by atoms with E-state index in [1.165, 1.54) is 0 Å². The van der Waals surface area contributed by atoms with Crippen LogP contribution in [0.5, 0.6) is 0 Å². The Kier molecular flexibility index (Phi) is 9.48. The van der Waals surface area contributed by atoms with Crippen molar-refractivity contribution in [2.75, 3.05) is 5.32 Å². The number of carboxylic acid groups (broad SMARTS) is 1. The van der Waals surface area contributed by atoms with Crippen molar-refractivity contribution in [2.24, 2.45) is 0 Å². The molecule has 1 amide bonds. The first-order valence-corrected chi connectivity index (χ1v) is 14.6. The summed E-state index contributed by atoms with van der Waals surface area (Å²) in [4.78, 5) is 28.0. The molecule has 0 bridgehead atoms. The van der Waals surface area contributed by atoms with E-state index in [1.807, 2.05) is 77.5 Å². The molecule has 0 saturated carbocycles. The summed E-state index contributed by atoms with van der Waals surface area (Å²) in [5.41, 5.74) is 6.30. The molecule has 2 N–H and O–H groups in total. The smallest absolute Gasteiger partial charge is 0.411 e. The minimum atomic E-state index is -0.966. The molecule has 0 aliphatic rings. The van der Waals surface area contributed by atoms with Crippen LogP contribution in [-0.2, 0) is 11.3 Å². The van der Waals surface area contributed by atoms with Gasteiger partial charge in [-0.3, -0.25) is 5.32 Å². The Morgan fingerprint density at radius 2 is 1.57 bits per heavy atom. The van der Waals surface area contributed by atoms with Gasteiger partial charge in [0.15, 0.2) is 0 Å². The summed E-state index contributed by atoms with van der Waals surface area (Å²) in [6, 6.07) is 27.7. The molecule has 0 spiro atoms. The molecular weight excluding hydrogens is 597 g/mol. The first kappa shape index (κ1) is 30.6. The van der Waals surface area contributed by atoms with Crippen molar-refractivity contribution >= 4 is 53.1 Å². The topological polar surface area (TPSA) is 93.5 Å². The molecule has 1 aromatic heterocycles. The molecule has 0 saturated heterocycles. The number of carbonyl (C=O) groups is 2. The highest BCUT2D eigenvalue weighted by Crippen LogP contribution is 2.31. The molecule has 0 fully saturated rings. The second-order valence-corrected chi connectivity index (χ2v) is 11.2. The maximum atomic E-state index is 11.9. The molecule has 0 aliphatic heterocycles. The molecule has 4 aromatic carbocycles. The number of hydrogen-bond donors (Lipinski definition) is 2. The quantitative estimate of drug-likeness (QED) is 0.170. The van der Waals surface area contributed by atoms with Crippen LogP contribution in [0.2, 0.25) is 10.0 Å². The zero-order chi connectivity index (χ0) is 31.2. The largest absolute Gasteiger partial charge is 0.478 e. The van der Waals surface area contributed by atoms with Gasteiger partial charge in [0, 0.05) is 29.0 Å². The fraction of sp³-hybridized carbons (Fsp3) is 0.114. The number of aromatic nitrogens is 2. The zero-order valence-electron chi connectivity index (χ0n) is 24.0. The zero-order valence-corrected chi connectivity index (χ0v) is 25.5. The molecule has 0 unspecified atom stereocenters. The molecule has 5 rings (SSSR count). The third kappa shape index (κ3) is 7.75. The Hall–Kier alpha value is -4.85. The number of nitrogens with one attached hydrogen (secondary N) is 1. The number of nitrogens with zero attached hydrogens (tertiary/aromatic N) is 2. The SMILES string of the molecule is CC(C)OC(=O)Nc1ccc(-c2ccc(C=Cc3nc(-c4ccc(Cl)cc4Cl)cn3Cc3ccc(C(=O)O)cc3)cc2)cc1. The van der Waals surface area contributed by atoms with E-state index >= 15 is 0 Å². The van der Waals surface area contributed by atoms with Crippen LogP contribution in [0.25, 0.3) is 34.5 Å². The van der Waals surface area contributed by atoms with Gasteiger partial charge < -0.3 is 14.4 Å². The van der Waals surface area contributed by atoms with Gasteiger partial charge in [0.25, 0.3) is 0 Å². The molecular formula is C35H29Cl2N3O4. The first-order chi connectivity index (χ1) is 21.1. The summed E-state index contributed by atoms with van der Waals surface area (Å²) >= 11 is 12.6. The van der Waals surface area contributed by atoms with Crippen molar-refractivity contribution in [3.8, 4) is 22.4 Å². The number of benzene rings is 4. The molecule has 222 valence electrons. The van der Waals surface area contributed by atoms with Crippen LogP contribution in [0.1, 0.15) is 41.2 Å². The van der Waals surface area contributed by atoms with Gasteiger partial charge in [-0.1, -0.05) is 77.8 Å². The third-order valence-corrected chi connectivity index (χ3v) is 7.26. The highest BCUT2D eigenvalue weighted by molar-refractivity contribution is 6.36. The third-order valence-electron chi connectivity index (χ3n) is 6.71. The van der Waals surface area contributed by atoms with E-state index in [4.69, 9.17) is 32.9 Å². The average Bonchev–Trinajstić information content (AvgIpc) is 3.38. The van der Waals surface area contributed by atoms with Crippen molar-refractivity contribution in [1.82, 2.24) is 9.55 Å². The summed E-state index contributed by atoms with van der Waals surface area (Å²) in [5, 5.41) is 13.0. The Morgan fingerprint density at radius 3 is 2.18 bits per heavy atom. The lowest BCUT2D eigenvalue weighted by Gasteiger charge is -2.10. The van der Waals surface area contributed by atoms with E-state index in [2.05, 4.69) is 5.32 Å². The van der Waals surface area contributed by atoms with Gasteiger partial charge in [0.05, 0.1) is 22.4 Å². The van der Waals surface area contributed by atoms with Gasteiger partial charge in [-0.05, 0) is 84.6 Å². The summed E-state index contributed by atoms with van der Waals surface area (Å²) in [7, 11) is 0. The maximum absolute atomic E-state index is 11.9. The van der Waals surface area contributed by atoms with Crippen LogP contribution >= 0.6 is 23.2 Å². The number of rotatable bonds is 9. The molecule has 7 nitrogen and oxygen atoms in total. The second-order valence-electron chi connectivity index (χ2n) is 10.4. The number of ether oxygens (including phenoxy) is 1. The van der Waals surface area contributed by atoms with Crippen LogP contribution in [0.15, 0.2) is 97.2 Å². The van der Waals surface area contributed by atoms with Gasteiger partial charge in [-0.25, -0.2) is 14.6 Å². The maximum Gasteiger partial charge on any atom is 0.411 e. The number of halogens is 2. The van der Waals surface area contributed by atoms with Crippen molar-refractivity contribution in [2.45, 2.75) is 26.5 Å². The normalized spacial score (nSPS) is 11.2. The predicted octanol–water partition coefficient (Wildman–Crippen LogP) is 9.40. The Morgan fingerprint density at radius 1 is 0.909 bits per heavy atom. The summed E-state index contributed by atoms with van der Waals surface area (Å²) in [5.74, 6) is -0.261. The second kappa shape index (κ2) is 13.6. The number of carboxylic acids is 1. The molecule has 9 heteroatoms. The van der Waals surface area contributed by atoms with Crippen molar-refractivity contribution in [3.63, 3.8) is 0 Å². The van der Waals surface area contributed by atoms with E-state index < -0.39 is 12.1 Å². The first-order valence-electron chi connectivity index (χ1n) is 13.9. The van der Waals surface area contributed by atoms with Crippen LogP contribution in [0, 0.1) is 0 Å². The van der Waals surface area contributed by atoms with Crippen molar-refractivity contribution in [1.29, 1.82) is 0 Å². The number of carbonyl (C=O) groups excluding carboxylic acids is 1. The Labute approximate surface area is 265 Å². The Bertz CT molecular complexity index is 1810. The number of anilines is 1. The van der Waals surface area contributed by atoms with E-state index in [0.717, 1.165) is 27.8 Å². The molecule has 0 aliphatic carbocycles. The van der Waals surface area contributed by atoms with Crippen LogP contribution in [-0.4, -0.2) is 32.8 Å². The standard InChI is InChI=1S/C35H29Cl2N3O4/c1-22(2)44-35(43)38-29-15-12-26(13-16-29)25-8-3-23(4-9-25)7-18-33-39-32(30-17-14-28(36)19-31(30)37)21-40(33)20-24-5-10-27(11-6-24)34(41)42/h3-19,21-22H,20H2,1-2H3,(H,38,43)(H,41,42). The fourth-order valence-corrected chi connectivity index (χ4v) is 5.04. The number of amides is 1. The van der Waals surface area contributed by atoms with Gasteiger partial charge >= 0.3 is 12.1 Å². The van der Waals surface area contributed by atoms with Gasteiger partial charge in [-0.2, -0.15) is 0 Å². The summed E-state index contributed by atoms with van der Waals surface area (Å²) < 4.78 is 7.12. The molecule has 44 heavy (non-hydrogen) atoms. The van der Waals surface area contributed by atoms with E-state index in [0.29, 0.717) is 33.8 Å². The molecule has 1 heterocycles. The van der Waals surface area contributed by atoms with Crippen LogP contribution in [0.4, 0.5) is 10.5 Å². The molecule has 0 radical (unpaired) electrons. The van der Waals surface area contributed by atoms with E-state index in [9.17, 15) is 14.7 Å². The molecule has 0 atom stereocenters. The monoisotopic (exact) mass is 625 g/mol. The molecule has 5 aromatic rings. The lowest BCUT2D eigenvalue weighted by molar-refractivity contribution is 0.0696. The van der Waals surface area contributed by atoms with Crippen molar-refractivity contribution < 1.29 is 19.4 Å². The van der Waals surface area contributed by atoms with Crippen molar-refractivity contribution in [3.05, 3.63) is 130 Å².